The van der Waals surface area contributed by atoms with Crippen LogP contribution < -0.4 is 5.32 Å². The van der Waals surface area contributed by atoms with E-state index in [4.69, 9.17) is 10.2 Å². The van der Waals surface area contributed by atoms with Gasteiger partial charge in [-0.1, -0.05) is 13.8 Å². The summed E-state index contributed by atoms with van der Waals surface area (Å²) in [5.41, 5.74) is -0.787. The predicted molar refractivity (Wildman–Crippen MR) is 59.7 cm³/mol. The van der Waals surface area contributed by atoms with E-state index in [1.165, 1.54) is 0 Å². The smallest absolute Gasteiger partial charge is 0.310 e. The molecule has 0 aliphatic heterocycles. The van der Waals surface area contributed by atoms with Gasteiger partial charge in [0.05, 0.1) is 12.0 Å². The highest BCUT2D eigenvalue weighted by Crippen LogP contribution is 2.14. The van der Waals surface area contributed by atoms with Crippen LogP contribution in [0.4, 0.5) is 0 Å². The second-order valence-corrected chi connectivity index (χ2v) is 5.08. The zero-order valence-corrected chi connectivity index (χ0v) is 10.1. The van der Waals surface area contributed by atoms with Gasteiger partial charge in [0, 0.05) is 12.6 Å². The van der Waals surface area contributed by atoms with Crippen LogP contribution in [0.1, 0.15) is 34.1 Å². The molecule has 0 aliphatic rings. The highest BCUT2D eigenvalue weighted by Gasteiger charge is 2.27. The van der Waals surface area contributed by atoms with Gasteiger partial charge in [0.25, 0.3) is 0 Å². The molecule has 4 heteroatoms. The van der Waals surface area contributed by atoms with E-state index >= 15 is 0 Å². The molecule has 0 saturated carbocycles. The summed E-state index contributed by atoms with van der Waals surface area (Å²) in [5.74, 6) is -0.334. The topological polar surface area (TPSA) is 69.6 Å². The van der Waals surface area contributed by atoms with Crippen LogP contribution in [0.25, 0.3) is 0 Å². The fourth-order valence-electron chi connectivity index (χ4n) is 1.27. The number of rotatable bonds is 7. The second-order valence-electron chi connectivity index (χ2n) is 5.08. The van der Waals surface area contributed by atoms with Crippen molar-refractivity contribution < 1.29 is 15.0 Å². The molecule has 90 valence electrons. The van der Waals surface area contributed by atoms with Crippen LogP contribution in [0.15, 0.2) is 0 Å². The number of aliphatic hydroxyl groups is 1. The first kappa shape index (κ1) is 14.4. The molecule has 0 rings (SSSR count). The molecule has 0 aromatic heterocycles. The molecule has 0 radical (unpaired) electrons. The Kier molecular flexibility index (Phi) is 5.83. The highest BCUT2D eigenvalue weighted by molar-refractivity contribution is 5.73. The van der Waals surface area contributed by atoms with Crippen molar-refractivity contribution in [2.45, 2.75) is 40.2 Å². The quantitative estimate of drug-likeness (QED) is 0.597. The molecule has 0 heterocycles. The molecule has 15 heavy (non-hydrogen) atoms. The largest absolute Gasteiger partial charge is 0.481 e. The monoisotopic (exact) mass is 217 g/mol. The van der Waals surface area contributed by atoms with Crippen molar-refractivity contribution in [3.05, 3.63) is 0 Å². The lowest BCUT2D eigenvalue weighted by Crippen LogP contribution is -2.43. The van der Waals surface area contributed by atoms with Crippen molar-refractivity contribution >= 4 is 5.97 Å². The summed E-state index contributed by atoms with van der Waals surface area (Å²) < 4.78 is 0. The average Bonchev–Trinajstić information content (AvgIpc) is 2.11. The molecule has 0 aromatic rings. The number of hydrogen-bond acceptors (Lipinski definition) is 3. The van der Waals surface area contributed by atoms with E-state index in [1.807, 2.05) is 0 Å². The molecule has 0 aliphatic carbocycles. The molecule has 0 fully saturated rings. The molecule has 0 aromatic carbocycles. The summed E-state index contributed by atoms with van der Waals surface area (Å²) in [7, 11) is 0. The minimum atomic E-state index is -0.823. The number of hydrogen-bond donors (Lipinski definition) is 3. The Morgan fingerprint density at radius 1 is 1.40 bits per heavy atom. The van der Waals surface area contributed by atoms with E-state index in [1.54, 1.807) is 13.8 Å². The Hall–Kier alpha value is -0.610. The highest BCUT2D eigenvalue weighted by atomic mass is 16.4. The Morgan fingerprint density at radius 3 is 2.27 bits per heavy atom. The van der Waals surface area contributed by atoms with Crippen LogP contribution >= 0.6 is 0 Å². The molecule has 1 unspecified atom stereocenters. The molecular weight excluding hydrogens is 194 g/mol. The van der Waals surface area contributed by atoms with E-state index in [0.29, 0.717) is 12.5 Å². The van der Waals surface area contributed by atoms with Gasteiger partial charge in [-0.05, 0) is 26.2 Å². The van der Waals surface area contributed by atoms with Crippen molar-refractivity contribution in [1.82, 2.24) is 5.32 Å². The van der Waals surface area contributed by atoms with Crippen LogP contribution in [0.3, 0.4) is 0 Å². The van der Waals surface area contributed by atoms with Gasteiger partial charge in [-0.15, -0.1) is 0 Å². The van der Waals surface area contributed by atoms with Crippen LogP contribution in [-0.2, 0) is 4.79 Å². The molecule has 0 bridgehead atoms. The second kappa shape index (κ2) is 6.08. The normalized spacial score (nSPS) is 14.3. The number of aliphatic carboxylic acids is 1. The van der Waals surface area contributed by atoms with E-state index in [0.717, 1.165) is 6.42 Å². The maximum absolute atomic E-state index is 10.8. The van der Waals surface area contributed by atoms with E-state index in [2.05, 4.69) is 19.2 Å². The van der Waals surface area contributed by atoms with Crippen LogP contribution in [0, 0.1) is 11.3 Å². The van der Waals surface area contributed by atoms with Crippen molar-refractivity contribution in [2.75, 3.05) is 13.2 Å². The Morgan fingerprint density at radius 2 is 1.93 bits per heavy atom. The number of carboxylic acid groups (broad SMARTS) is 1. The summed E-state index contributed by atoms with van der Waals surface area (Å²) >= 11 is 0. The lowest BCUT2D eigenvalue weighted by molar-refractivity contribution is -0.146. The van der Waals surface area contributed by atoms with E-state index in [9.17, 15) is 4.79 Å². The van der Waals surface area contributed by atoms with Crippen LogP contribution in [-0.4, -0.2) is 35.4 Å². The molecule has 3 N–H and O–H groups in total. The first-order chi connectivity index (χ1) is 6.79. The van der Waals surface area contributed by atoms with Gasteiger partial charge in [0.15, 0.2) is 0 Å². The van der Waals surface area contributed by atoms with Gasteiger partial charge < -0.3 is 15.5 Å². The van der Waals surface area contributed by atoms with E-state index in [-0.39, 0.29) is 12.6 Å². The number of carbonyl (C=O) groups is 1. The van der Waals surface area contributed by atoms with Gasteiger partial charge in [-0.2, -0.15) is 0 Å². The molecule has 4 nitrogen and oxygen atoms in total. The van der Waals surface area contributed by atoms with Gasteiger partial charge in [-0.3, -0.25) is 4.79 Å². The Bertz CT molecular complexity index is 202. The number of carboxylic acids is 1. The van der Waals surface area contributed by atoms with Crippen LogP contribution in [0.2, 0.25) is 0 Å². The first-order valence-corrected chi connectivity index (χ1v) is 5.37. The van der Waals surface area contributed by atoms with Gasteiger partial charge in [-0.25, -0.2) is 0 Å². The van der Waals surface area contributed by atoms with Gasteiger partial charge in [0.2, 0.25) is 0 Å². The molecule has 0 saturated heterocycles. The standard InChI is InChI=1S/C11H23NO3/c1-8(2)5-9(6-13)12-7-11(3,4)10(14)15/h8-9,12-13H,5-7H2,1-4H3,(H,14,15). The third-order valence-corrected chi connectivity index (χ3v) is 2.39. The third-order valence-electron chi connectivity index (χ3n) is 2.39. The van der Waals surface area contributed by atoms with Crippen molar-refractivity contribution in [3.8, 4) is 0 Å². The fraction of sp³-hybridized carbons (Fsp3) is 0.909. The van der Waals surface area contributed by atoms with Crippen molar-refractivity contribution in [3.63, 3.8) is 0 Å². The summed E-state index contributed by atoms with van der Waals surface area (Å²) in [6.07, 6.45) is 0.853. The minimum Gasteiger partial charge on any atom is -0.481 e. The minimum absolute atomic E-state index is 0.0105. The molecule has 0 amide bonds. The predicted octanol–water partition coefficient (Wildman–Crippen LogP) is 1.09. The summed E-state index contributed by atoms with van der Waals surface area (Å²) in [6.45, 7) is 7.92. The zero-order valence-electron chi connectivity index (χ0n) is 10.1. The van der Waals surface area contributed by atoms with E-state index < -0.39 is 11.4 Å². The summed E-state index contributed by atoms with van der Waals surface area (Å²) in [4.78, 5) is 10.8. The maximum atomic E-state index is 10.8. The Balaban J connectivity index is 4.05. The SMILES string of the molecule is CC(C)CC(CO)NCC(C)(C)C(=O)O. The lowest BCUT2D eigenvalue weighted by atomic mass is 9.93. The van der Waals surface area contributed by atoms with Gasteiger partial charge >= 0.3 is 5.97 Å². The maximum Gasteiger partial charge on any atom is 0.310 e. The van der Waals surface area contributed by atoms with Crippen molar-refractivity contribution in [1.29, 1.82) is 0 Å². The lowest BCUT2D eigenvalue weighted by Gasteiger charge is -2.24. The summed E-state index contributed by atoms with van der Waals surface area (Å²) in [6, 6.07) is -0.0105. The van der Waals surface area contributed by atoms with Crippen molar-refractivity contribution in [2.24, 2.45) is 11.3 Å². The molecule has 0 spiro atoms. The fourth-order valence-corrected chi connectivity index (χ4v) is 1.27. The third kappa shape index (κ3) is 5.74. The Labute approximate surface area is 91.7 Å². The van der Waals surface area contributed by atoms with Gasteiger partial charge in [0.1, 0.15) is 0 Å². The molecular formula is C11H23NO3. The summed E-state index contributed by atoms with van der Waals surface area (Å²) in [5, 5.41) is 21.1. The first-order valence-electron chi connectivity index (χ1n) is 5.37. The van der Waals surface area contributed by atoms with Crippen LogP contribution in [0.5, 0.6) is 0 Å². The average molecular weight is 217 g/mol. The number of aliphatic hydroxyl groups excluding tert-OH is 1. The zero-order chi connectivity index (χ0) is 12.1. The molecule has 1 atom stereocenters. The number of nitrogens with one attached hydrogen (secondary N) is 1.